The summed E-state index contributed by atoms with van der Waals surface area (Å²) in [5.41, 5.74) is 0.389. The lowest BCUT2D eigenvalue weighted by atomic mass is 10.0. The van der Waals surface area contributed by atoms with Crippen molar-refractivity contribution in [2.45, 2.75) is 25.8 Å². The molecule has 0 heterocycles. The van der Waals surface area contributed by atoms with Gasteiger partial charge in [0.05, 0.1) is 4.47 Å². The Hall–Kier alpha value is -0.480. The van der Waals surface area contributed by atoms with Crippen LogP contribution in [0.4, 0.5) is 8.78 Å². The predicted octanol–water partition coefficient (Wildman–Crippen LogP) is 3.79. The summed E-state index contributed by atoms with van der Waals surface area (Å²) in [7, 11) is 1.75. The maximum absolute atomic E-state index is 13.6. The third-order valence-electron chi connectivity index (χ3n) is 2.34. The largest absolute Gasteiger partial charge is 0.313 e. The molecule has 0 bridgehead atoms. The molecule has 0 radical (unpaired) electrons. The zero-order chi connectivity index (χ0) is 11.4. The van der Waals surface area contributed by atoms with Crippen LogP contribution in [0.5, 0.6) is 0 Å². The minimum absolute atomic E-state index is 0.127. The Morgan fingerprint density at radius 1 is 1.33 bits per heavy atom. The SMILES string of the molecule is CCCC(NC)c1cc(F)c(Br)cc1F. The quantitative estimate of drug-likeness (QED) is 0.826. The second kappa shape index (κ2) is 5.56. The summed E-state index contributed by atoms with van der Waals surface area (Å²) in [5.74, 6) is -0.807. The average Bonchev–Trinajstić information content (AvgIpc) is 2.20. The standard InChI is InChI=1S/C11H14BrF2N/c1-3-4-11(15-2)7-5-10(14)8(12)6-9(7)13/h5-6,11,15H,3-4H2,1-2H3. The van der Waals surface area contributed by atoms with Crippen LogP contribution in [0, 0.1) is 11.6 Å². The van der Waals surface area contributed by atoms with Gasteiger partial charge in [0.25, 0.3) is 0 Å². The van der Waals surface area contributed by atoms with Crippen LogP contribution in [-0.4, -0.2) is 7.05 Å². The van der Waals surface area contributed by atoms with E-state index in [1.165, 1.54) is 12.1 Å². The Morgan fingerprint density at radius 2 is 2.00 bits per heavy atom. The maximum atomic E-state index is 13.6. The first-order valence-electron chi connectivity index (χ1n) is 4.91. The molecule has 1 rings (SSSR count). The number of halogens is 3. The van der Waals surface area contributed by atoms with Crippen molar-refractivity contribution in [3.63, 3.8) is 0 Å². The van der Waals surface area contributed by atoms with Gasteiger partial charge in [-0.1, -0.05) is 13.3 Å². The molecule has 0 aliphatic rings. The molecule has 1 aromatic rings. The summed E-state index contributed by atoms with van der Waals surface area (Å²) < 4.78 is 27.0. The molecule has 0 aliphatic heterocycles. The van der Waals surface area contributed by atoms with Gasteiger partial charge in [-0.25, -0.2) is 8.78 Å². The van der Waals surface area contributed by atoms with Crippen molar-refractivity contribution in [1.82, 2.24) is 5.32 Å². The van der Waals surface area contributed by atoms with Gasteiger partial charge < -0.3 is 5.32 Å². The highest BCUT2D eigenvalue weighted by atomic mass is 79.9. The molecule has 0 spiro atoms. The van der Waals surface area contributed by atoms with E-state index in [9.17, 15) is 8.78 Å². The van der Waals surface area contributed by atoms with Gasteiger partial charge in [-0.15, -0.1) is 0 Å². The van der Waals surface area contributed by atoms with Crippen LogP contribution in [-0.2, 0) is 0 Å². The fraction of sp³-hybridized carbons (Fsp3) is 0.455. The molecule has 0 aromatic heterocycles. The zero-order valence-electron chi connectivity index (χ0n) is 8.78. The molecule has 1 unspecified atom stereocenters. The van der Waals surface area contributed by atoms with E-state index in [0.29, 0.717) is 5.56 Å². The van der Waals surface area contributed by atoms with Crippen LogP contribution in [0.15, 0.2) is 16.6 Å². The average molecular weight is 278 g/mol. The predicted molar refractivity (Wildman–Crippen MR) is 60.8 cm³/mol. The second-order valence-corrected chi connectivity index (χ2v) is 4.27. The van der Waals surface area contributed by atoms with Gasteiger partial charge in [-0.3, -0.25) is 0 Å². The highest BCUT2D eigenvalue weighted by Gasteiger charge is 2.15. The molecule has 4 heteroatoms. The van der Waals surface area contributed by atoms with E-state index in [0.717, 1.165) is 12.8 Å². The molecule has 0 amide bonds. The summed E-state index contributed by atoms with van der Waals surface area (Å²) in [6.45, 7) is 2.01. The van der Waals surface area contributed by atoms with Crippen molar-refractivity contribution in [2.75, 3.05) is 7.05 Å². The number of nitrogens with one attached hydrogen (secondary N) is 1. The van der Waals surface area contributed by atoms with Gasteiger partial charge in [-0.05, 0) is 41.5 Å². The molecule has 1 N–H and O–H groups in total. The fourth-order valence-corrected chi connectivity index (χ4v) is 1.86. The number of benzene rings is 1. The minimum atomic E-state index is -0.428. The molecule has 0 saturated heterocycles. The number of rotatable bonds is 4. The molecular formula is C11H14BrF2N. The first-order chi connectivity index (χ1) is 7.10. The molecule has 0 aliphatic carbocycles. The third-order valence-corrected chi connectivity index (χ3v) is 2.95. The lowest BCUT2D eigenvalue weighted by Crippen LogP contribution is -2.17. The van der Waals surface area contributed by atoms with E-state index in [2.05, 4.69) is 21.2 Å². The van der Waals surface area contributed by atoms with Crippen LogP contribution in [0.2, 0.25) is 0 Å². The van der Waals surface area contributed by atoms with E-state index >= 15 is 0 Å². The van der Waals surface area contributed by atoms with Crippen molar-refractivity contribution in [3.05, 3.63) is 33.8 Å². The Kier molecular flexibility index (Phi) is 4.67. The van der Waals surface area contributed by atoms with Crippen LogP contribution in [0.1, 0.15) is 31.4 Å². The first-order valence-corrected chi connectivity index (χ1v) is 5.71. The van der Waals surface area contributed by atoms with E-state index in [-0.39, 0.29) is 16.3 Å². The van der Waals surface area contributed by atoms with Crippen molar-refractivity contribution >= 4 is 15.9 Å². The summed E-state index contributed by atoms with van der Waals surface area (Å²) in [4.78, 5) is 0. The fourth-order valence-electron chi connectivity index (χ4n) is 1.55. The second-order valence-electron chi connectivity index (χ2n) is 3.42. The maximum Gasteiger partial charge on any atom is 0.137 e. The van der Waals surface area contributed by atoms with Gasteiger partial charge in [0.2, 0.25) is 0 Å². The molecule has 84 valence electrons. The van der Waals surface area contributed by atoms with Gasteiger partial charge in [0.15, 0.2) is 0 Å². The summed E-state index contributed by atoms with van der Waals surface area (Å²) in [6, 6.07) is 2.29. The Morgan fingerprint density at radius 3 is 2.53 bits per heavy atom. The zero-order valence-corrected chi connectivity index (χ0v) is 10.4. The summed E-state index contributed by atoms with van der Waals surface area (Å²) in [6.07, 6.45) is 1.71. The van der Waals surface area contributed by atoms with Gasteiger partial charge in [0.1, 0.15) is 11.6 Å². The van der Waals surface area contributed by atoms with Gasteiger partial charge >= 0.3 is 0 Å². The van der Waals surface area contributed by atoms with E-state index in [4.69, 9.17) is 0 Å². The Balaban J connectivity index is 3.06. The first kappa shape index (κ1) is 12.6. The van der Waals surface area contributed by atoms with Crippen LogP contribution in [0.3, 0.4) is 0 Å². The molecule has 1 atom stereocenters. The van der Waals surface area contributed by atoms with Crippen LogP contribution < -0.4 is 5.32 Å². The van der Waals surface area contributed by atoms with Crippen molar-refractivity contribution < 1.29 is 8.78 Å². The lowest BCUT2D eigenvalue weighted by Gasteiger charge is -2.16. The smallest absolute Gasteiger partial charge is 0.137 e. The summed E-state index contributed by atoms with van der Waals surface area (Å²) in [5, 5.41) is 2.98. The third kappa shape index (κ3) is 2.98. The Bertz CT molecular complexity index is 342. The molecule has 0 saturated carbocycles. The molecule has 15 heavy (non-hydrogen) atoms. The highest BCUT2D eigenvalue weighted by Crippen LogP contribution is 2.26. The summed E-state index contributed by atoms with van der Waals surface area (Å²) >= 11 is 2.95. The number of hydrogen-bond donors (Lipinski definition) is 1. The molecule has 1 aromatic carbocycles. The number of hydrogen-bond acceptors (Lipinski definition) is 1. The van der Waals surface area contributed by atoms with E-state index in [1.807, 2.05) is 6.92 Å². The molecule has 0 fully saturated rings. The van der Waals surface area contributed by atoms with Crippen molar-refractivity contribution in [1.29, 1.82) is 0 Å². The van der Waals surface area contributed by atoms with Crippen LogP contribution >= 0.6 is 15.9 Å². The van der Waals surface area contributed by atoms with E-state index < -0.39 is 5.82 Å². The van der Waals surface area contributed by atoms with Crippen molar-refractivity contribution in [2.24, 2.45) is 0 Å². The minimum Gasteiger partial charge on any atom is -0.313 e. The van der Waals surface area contributed by atoms with Crippen LogP contribution in [0.25, 0.3) is 0 Å². The lowest BCUT2D eigenvalue weighted by molar-refractivity contribution is 0.495. The van der Waals surface area contributed by atoms with E-state index in [1.54, 1.807) is 7.05 Å². The topological polar surface area (TPSA) is 12.0 Å². The monoisotopic (exact) mass is 277 g/mol. The van der Waals surface area contributed by atoms with Crippen molar-refractivity contribution in [3.8, 4) is 0 Å². The molecule has 1 nitrogen and oxygen atoms in total. The normalized spacial score (nSPS) is 12.9. The van der Waals surface area contributed by atoms with Gasteiger partial charge in [0, 0.05) is 11.6 Å². The Labute approximate surface area is 97.0 Å². The molecular weight excluding hydrogens is 264 g/mol. The van der Waals surface area contributed by atoms with Gasteiger partial charge in [-0.2, -0.15) is 0 Å². The highest BCUT2D eigenvalue weighted by molar-refractivity contribution is 9.10.